The summed E-state index contributed by atoms with van der Waals surface area (Å²) in [4.78, 5) is 0. The van der Waals surface area contributed by atoms with Crippen LogP contribution in [0.25, 0.3) is 0 Å². The summed E-state index contributed by atoms with van der Waals surface area (Å²) in [5, 5.41) is 9.66. The molecule has 0 saturated heterocycles. The van der Waals surface area contributed by atoms with Gasteiger partial charge in [0, 0.05) is 0 Å². The lowest BCUT2D eigenvalue weighted by Crippen LogP contribution is -2.12. The zero-order chi connectivity index (χ0) is 12.4. The fourth-order valence-electron chi connectivity index (χ4n) is 1.11. The predicted molar refractivity (Wildman–Crippen MR) is 65.6 cm³/mol. The van der Waals surface area contributed by atoms with Gasteiger partial charge in [0.05, 0.1) is 13.2 Å². The van der Waals surface area contributed by atoms with Crippen molar-refractivity contribution in [3.63, 3.8) is 0 Å². The molecule has 1 N–H and O–H groups in total. The normalized spacial score (nSPS) is 14.0. The summed E-state index contributed by atoms with van der Waals surface area (Å²) in [6.07, 6.45) is 3.99. The van der Waals surface area contributed by atoms with Crippen LogP contribution in [-0.4, -0.2) is 24.2 Å². The largest absolute Gasteiger partial charge is 0.380 e. The molecule has 0 spiro atoms. The van der Waals surface area contributed by atoms with Crippen LogP contribution in [0.4, 0.5) is 0 Å². The first-order chi connectivity index (χ1) is 7.60. The average molecular weight is 252 g/mol. The van der Waals surface area contributed by atoms with Crippen molar-refractivity contribution in [1.82, 2.24) is 0 Å². The van der Waals surface area contributed by atoms with Crippen molar-refractivity contribution in [1.29, 1.82) is 0 Å². The molecule has 4 nitrogen and oxygen atoms in total. The maximum absolute atomic E-state index is 12.2. The maximum atomic E-state index is 12.2. The molecule has 0 aliphatic rings. The molecule has 0 saturated carbocycles. The molecule has 98 valence electrons. The fraction of sp³-hybridized carbons (Fsp3) is 1.00. The second-order valence-corrected chi connectivity index (χ2v) is 5.99. The molecular weight excluding hydrogens is 227 g/mol. The van der Waals surface area contributed by atoms with Crippen molar-refractivity contribution in [3.05, 3.63) is 0 Å². The molecule has 0 heterocycles. The van der Waals surface area contributed by atoms with Crippen LogP contribution in [0.15, 0.2) is 0 Å². The second-order valence-electron chi connectivity index (χ2n) is 3.80. The standard InChI is InChI=1S/C11H25O4P/c1-4-7-9-14-16(13,11(12)6-3)15-10-8-5-2/h11-12H,4-10H2,1-3H3. The summed E-state index contributed by atoms with van der Waals surface area (Å²) >= 11 is 0. The van der Waals surface area contributed by atoms with E-state index < -0.39 is 13.4 Å². The van der Waals surface area contributed by atoms with Gasteiger partial charge in [-0.05, 0) is 19.3 Å². The lowest BCUT2D eigenvalue weighted by atomic mass is 10.4. The highest BCUT2D eigenvalue weighted by Crippen LogP contribution is 2.53. The molecule has 0 aromatic rings. The summed E-state index contributed by atoms with van der Waals surface area (Å²) in [7, 11) is -3.31. The highest BCUT2D eigenvalue weighted by Gasteiger charge is 2.32. The Labute approximate surface area is 98.9 Å². The molecule has 0 aliphatic carbocycles. The molecule has 16 heavy (non-hydrogen) atoms. The molecule has 1 atom stereocenters. The first-order valence-corrected chi connectivity index (χ1v) is 7.78. The zero-order valence-electron chi connectivity index (χ0n) is 10.6. The van der Waals surface area contributed by atoms with Gasteiger partial charge in [-0.25, -0.2) is 0 Å². The molecule has 0 aromatic carbocycles. The number of aliphatic hydroxyl groups is 1. The Kier molecular flexibility index (Phi) is 9.24. The average Bonchev–Trinajstić information content (AvgIpc) is 2.28. The minimum Gasteiger partial charge on any atom is -0.380 e. The Bertz CT molecular complexity index is 194. The van der Waals surface area contributed by atoms with E-state index in [4.69, 9.17) is 9.05 Å². The van der Waals surface area contributed by atoms with Crippen molar-refractivity contribution in [2.24, 2.45) is 0 Å². The third kappa shape index (κ3) is 6.00. The van der Waals surface area contributed by atoms with Gasteiger partial charge in [0.15, 0.2) is 5.85 Å². The van der Waals surface area contributed by atoms with E-state index >= 15 is 0 Å². The van der Waals surface area contributed by atoms with E-state index in [1.165, 1.54) is 0 Å². The SMILES string of the molecule is CCCCOP(=O)(OCCCC)C(O)CC. The molecule has 5 heteroatoms. The van der Waals surface area contributed by atoms with Crippen LogP contribution in [0.1, 0.15) is 52.9 Å². The molecule has 0 amide bonds. The monoisotopic (exact) mass is 252 g/mol. The van der Waals surface area contributed by atoms with Gasteiger partial charge in [-0.3, -0.25) is 4.57 Å². The first kappa shape index (κ1) is 16.1. The van der Waals surface area contributed by atoms with E-state index in [9.17, 15) is 9.67 Å². The van der Waals surface area contributed by atoms with Gasteiger partial charge in [0.2, 0.25) is 0 Å². The van der Waals surface area contributed by atoms with Crippen LogP contribution >= 0.6 is 7.60 Å². The van der Waals surface area contributed by atoms with E-state index in [0.29, 0.717) is 19.6 Å². The highest BCUT2D eigenvalue weighted by atomic mass is 31.2. The van der Waals surface area contributed by atoms with Crippen molar-refractivity contribution in [2.45, 2.75) is 58.7 Å². The van der Waals surface area contributed by atoms with E-state index in [1.807, 2.05) is 13.8 Å². The highest BCUT2D eigenvalue weighted by molar-refractivity contribution is 7.54. The Morgan fingerprint density at radius 3 is 1.81 bits per heavy atom. The third-order valence-corrected chi connectivity index (χ3v) is 4.45. The number of aliphatic hydroxyl groups excluding tert-OH is 1. The van der Waals surface area contributed by atoms with Crippen LogP contribution in [0.3, 0.4) is 0 Å². The lowest BCUT2D eigenvalue weighted by molar-refractivity contribution is 0.137. The van der Waals surface area contributed by atoms with Crippen LogP contribution in [-0.2, 0) is 13.6 Å². The summed E-state index contributed by atoms with van der Waals surface area (Å²) in [6, 6.07) is 0. The molecule has 1 unspecified atom stereocenters. The van der Waals surface area contributed by atoms with Crippen LogP contribution in [0.5, 0.6) is 0 Å². The number of hydrogen-bond donors (Lipinski definition) is 1. The quantitative estimate of drug-likeness (QED) is 0.477. The molecule has 0 radical (unpaired) electrons. The molecule has 0 aliphatic heterocycles. The lowest BCUT2D eigenvalue weighted by Gasteiger charge is -2.22. The van der Waals surface area contributed by atoms with Gasteiger partial charge >= 0.3 is 7.60 Å². The molecule has 0 rings (SSSR count). The van der Waals surface area contributed by atoms with Crippen molar-refractivity contribution < 1.29 is 18.7 Å². The Morgan fingerprint density at radius 1 is 1.06 bits per heavy atom. The topological polar surface area (TPSA) is 55.8 Å². The fourth-order valence-corrected chi connectivity index (χ4v) is 2.74. The van der Waals surface area contributed by atoms with E-state index in [-0.39, 0.29) is 0 Å². The summed E-state index contributed by atoms with van der Waals surface area (Å²) in [6.45, 7) is 6.60. The van der Waals surface area contributed by atoms with Gasteiger partial charge in [0.25, 0.3) is 0 Å². The summed E-state index contributed by atoms with van der Waals surface area (Å²) in [5.41, 5.74) is 0. The van der Waals surface area contributed by atoms with Gasteiger partial charge in [-0.2, -0.15) is 0 Å². The van der Waals surface area contributed by atoms with Crippen LogP contribution < -0.4 is 0 Å². The van der Waals surface area contributed by atoms with Gasteiger partial charge < -0.3 is 14.2 Å². The molecule has 0 aromatic heterocycles. The smallest absolute Gasteiger partial charge is 0.358 e. The first-order valence-electron chi connectivity index (χ1n) is 6.17. The van der Waals surface area contributed by atoms with Crippen LogP contribution in [0, 0.1) is 0 Å². The van der Waals surface area contributed by atoms with Crippen molar-refractivity contribution in [3.8, 4) is 0 Å². The third-order valence-electron chi connectivity index (χ3n) is 2.27. The number of rotatable bonds is 10. The molecule has 0 fully saturated rings. The van der Waals surface area contributed by atoms with Crippen molar-refractivity contribution >= 4 is 7.60 Å². The number of unbranched alkanes of at least 4 members (excludes halogenated alkanes) is 2. The minimum absolute atomic E-state index is 0.384. The van der Waals surface area contributed by atoms with Gasteiger partial charge in [-0.15, -0.1) is 0 Å². The predicted octanol–water partition coefficient (Wildman–Crippen LogP) is 3.54. The molecule has 0 bridgehead atoms. The summed E-state index contributed by atoms with van der Waals surface area (Å²) < 4.78 is 22.7. The Morgan fingerprint density at radius 2 is 1.50 bits per heavy atom. The molecular formula is C11H25O4P. The van der Waals surface area contributed by atoms with Gasteiger partial charge in [-0.1, -0.05) is 33.6 Å². The van der Waals surface area contributed by atoms with E-state index in [0.717, 1.165) is 25.7 Å². The second kappa shape index (κ2) is 9.17. The zero-order valence-corrected chi connectivity index (χ0v) is 11.5. The van der Waals surface area contributed by atoms with E-state index in [2.05, 4.69) is 0 Å². The number of hydrogen-bond acceptors (Lipinski definition) is 4. The van der Waals surface area contributed by atoms with Crippen LogP contribution in [0.2, 0.25) is 0 Å². The Hall–Kier alpha value is 0.110. The summed E-state index contributed by atoms with van der Waals surface area (Å²) in [5.74, 6) is -0.999. The minimum atomic E-state index is -3.31. The maximum Gasteiger partial charge on any atom is 0.358 e. The Balaban J connectivity index is 4.19. The van der Waals surface area contributed by atoms with E-state index in [1.54, 1.807) is 6.92 Å². The van der Waals surface area contributed by atoms with Crippen molar-refractivity contribution in [2.75, 3.05) is 13.2 Å². The van der Waals surface area contributed by atoms with Gasteiger partial charge in [0.1, 0.15) is 0 Å².